The van der Waals surface area contributed by atoms with Crippen LogP contribution in [0, 0.1) is 0 Å². The van der Waals surface area contributed by atoms with Gasteiger partial charge in [0.2, 0.25) is 0 Å². The number of hydrogen-bond acceptors (Lipinski definition) is 3. The van der Waals surface area contributed by atoms with Gasteiger partial charge in [0.15, 0.2) is 11.5 Å². The van der Waals surface area contributed by atoms with Gasteiger partial charge in [-0.15, -0.1) is 0 Å². The van der Waals surface area contributed by atoms with E-state index in [0.29, 0.717) is 42.0 Å². The largest absolute Gasteiger partial charge is 0.486 e. The van der Waals surface area contributed by atoms with Crippen LogP contribution in [0.1, 0.15) is 38.2 Å². The van der Waals surface area contributed by atoms with Crippen LogP contribution in [0.3, 0.4) is 0 Å². The number of halogens is 1. The van der Waals surface area contributed by atoms with Crippen molar-refractivity contribution in [3.05, 3.63) is 22.7 Å². The molecule has 2 aliphatic rings. The second-order valence-electron chi connectivity index (χ2n) is 5.45. The molecule has 0 spiro atoms. The van der Waals surface area contributed by atoms with Crippen molar-refractivity contribution in [3.63, 3.8) is 0 Å². The number of benzene rings is 1. The quantitative estimate of drug-likeness (QED) is 0.902. The number of ether oxygens (including phenoxy) is 2. The molecule has 1 saturated heterocycles. The smallest absolute Gasteiger partial charge is 0.179 e. The lowest BCUT2D eigenvalue weighted by molar-refractivity contribution is 0.171. The molecule has 3 atom stereocenters. The third-order valence-electron chi connectivity index (χ3n) is 4.08. The standard InChI is InChI=1S/C15H20ClNO2/c1-3-13-11(6-9(2)17-13)10-7-12(16)15-14(8-10)18-4-5-19-15/h7-9,11,13,17H,3-6H2,1-2H3. The summed E-state index contributed by atoms with van der Waals surface area (Å²) in [6.07, 6.45) is 2.27. The van der Waals surface area contributed by atoms with Crippen molar-refractivity contribution >= 4 is 11.6 Å². The van der Waals surface area contributed by atoms with Crippen molar-refractivity contribution in [1.29, 1.82) is 0 Å². The van der Waals surface area contributed by atoms with E-state index in [0.717, 1.165) is 18.6 Å². The van der Waals surface area contributed by atoms with Gasteiger partial charge in [0, 0.05) is 18.0 Å². The molecule has 0 amide bonds. The van der Waals surface area contributed by atoms with Crippen LogP contribution in [-0.2, 0) is 0 Å². The topological polar surface area (TPSA) is 30.5 Å². The first kappa shape index (κ1) is 13.1. The molecule has 0 bridgehead atoms. The Morgan fingerprint density at radius 3 is 2.89 bits per heavy atom. The number of fused-ring (bicyclic) bond motifs is 1. The SMILES string of the molecule is CCC1NC(C)CC1c1cc(Cl)c2c(c1)OCCO2. The van der Waals surface area contributed by atoms with Crippen molar-refractivity contribution in [2.45, 2.75) is 44.7 Å². The molecule has 3 rings (SSSR count). The second-order valence-corrected chi connectivity index (χ2v) is 5.86. The molecule has 104 valence electrons. The van der Waals surface area contributed by atoms with Crippen molar-refractivity contribution < 1.29 is 9.47 Å². The van der Waals surface area contributed by atoms with Gasteiger partial charge in [-0.2, -0.15) is 0 Å². The van der Waals surface area contributed by atoms with Gasteiger partial charge in [-0.3, -0.25) is 0 Å². The van der Waals surface area contributed by atoms with Crippen LogP contribution in [-0.4, -0.2) is 25.3 Å². The molecule has 0 aliphatic carbocycles. The zero-order valence-corrected chi connectivity index (χ0v) is 12.2. The van der Waals surface area contributed by atoms with Crippen LogP contribution in [0.2, 0.25) is 5.02 Å². The maximum Gasteiger partial charge on any atom is 0.179 e. The van der Waals surface area contributed by atoms with Gasteiger partial charge in [-0.25, -0.2) is 0 Å². The number of rotatable bonds is 2. The van der Waals surface area contributed by atoms with Crippen molar-refractivity contribution in [2.75, 3.05) is 13.2 Å². The molecule has 2 aliphatic heterocycles. The van der Waals surface area contributed by atoms with Gasteiger partial charge in [0.1, 0.15) is 13.2 Å². The van der Waals surface area contributed by atoms with Gasteiger partial charge in [0.25, 0.3) is 0 Å². The monoisotopic (exact) mass is 281 g/mol. The van der Waals surface area contributed by atoms with Gasteiger partial charge in [-0.05, 0) is 37.5 Å². The Bertz CT molecular complexity index is 477. The summed E-state index contributed by atoms with van der Waals surface area (Å²) in [6.45, 7) is 5.64. The van der Waals surface area contributed by atoms with Gasteiger partial charge in [-0.1, -0.05) is 18.5 Å². The molecule has 0 aromatic heterocycles. The molecule has 2 heterocycles. The minimum atomic E-state index is 0.508. The fourth-order valence-corrected chi connectivity index (χ4v) is 3.48. The van der Waals surface area contributed by atoms with E-state index in [1.165, 1.54) is 5.56 Å². The highest BCUT2D eigenvalue weighted by molar-refractivity contribution is 6.32. The van der Waals surface area contributed by atoms with Crippen LogP contribution in [0.5, 0.6) is 11.5 Å². The summed E-state index contributed by atoms with van der Waals surface area (Å²) in [4.78, 5) is 0. The maximum absolute atomic E-state index is 6.33. The average molecular weight is 282 g/mol. The van der Waals surface area contributed by atoms with E-state index in [-0.39, 0.29) is 0 Å². The van der Waals surface area contributed by atoms with Crippen molar-refractivity contribution in [1.82, 2.24) is 5.32 Å². The highest BCUT2D eigenvalue weighted by Crippen LogP contribution is 2.42. The summed E-state index contributed by atoms with van der Waals surface area (Å²) in [7, 11) is 0. The van der Waals surface area contributed by atoms with Crippen LogP contribution in [0.25, 0.3) is 0 Å². The molecule has 1 aromatic carbocycles. The number of hydrogen-bond donors (Lipinski definition) is 1. The third-order valence-corrected chi connectivity index (χ3v) is 4.36. The van der Waals surface area contributed by atoms with Gasteiger partial charge in [0.05, 0.1) is 5.02 Å². The molecule has 1 fully saturated rings. The molecule has 19 heavy (non-hydrogen) atoms. The van der Waals surface area contributed by atoms with Crippen LogP contribution >= 0.6 is 11.6 Å². The average Bonchev–Trinajstić information content (AvgIpc) is 2.80. The summed E-state index contributed by atoms with van der Waals surface area (Å²) in [5.41, 5.74) is 1.26. The molecule has 3 nitrogen and oxygen atoms in total. The van der Waals surface area contributed by atoms with E-state index in [4.69, 9.17) is 21.1 Å². The molecule has 1 aromatic rings. The highest BCUT2D eigenvalue weighted by atomic mass is 35.5. The Hall–Kier alpha value is -0.930. The molecular weight excluding hydrogens is 262 g/mol. The van der Waals surface area contributed by atoms with Gasteiger partial charge >= 0.3 is 0 Å². The lowest BCUT2D eigenvalue weighted by Crippen LogP contribution is -2.28. The summed E-state index contributed by atoms with van der Waals surface area (Å²) < 4.78 is 11.2. The van der Waals surface area contributed by atoms with E-state index < -0.39 is 0 Å². The molecular formula is C15H20ClNO2. The summed E-state index contributed by atoms with van der Waals surface area (Å²) >= 11 is 6.33. The maximum atomic E-state index is 6.33. The fraction of sp³-hybridized carbons (Fsp3) is 0.600. The Kier molecular flexibility index (Phi) is 3.59. The number of nitrogens with one attached hydrogen (secondary N) is 1. The Morgan fingerprint density at radius 2 is 2.11 bits per heavy atom. The predicted octanol–water partition coefficient (Wildman–Crippen LogP) is 3.36. The summed E-state index contributed by atoms with van der Waals surface area (Å²) in [6, 6.07) is 5.23. The summed E-state index contributed by atoms with van der Waals surface area (Å²) in [5.74, 6) is 2.00. The second kappa shape index (κ2) is 5.22. The van der Waals surface area contributed by atoms with Crippen LogP contribution in [0.4, 0.5) is 0 Å². The Labute approximate surface area is 119 Å². The zero-order chi connectivity index (χ0) is 13.4. The Morgan fingerprint density at radius 1 is 1.32 bits per heavy atom. The molecule has 0 radical (unpaired) electrons. The zero-order valence-electron chi connectivity index (χ0n) is 11.4. The molecule has 0 saturated carbocycles. The third kappa shape index (κ3) is 2.41. The summed E-state index contributed by atoms with van der Waals surface area (Å²) in [5, 5.41) is 4.30. The van der Waals surface area contributed by atoms with E-state index in [2.05, 4.69) is 25.2 Å². The van der Waals surface area contributed by atoms with Gasteiger partial charge < -0.3 is 14.8 Å². The first-order valence-corrected chi connectivity index (χ1v) is 7.42. The van der Waals surface area contributed by atoms with Crippen molar-refractivity contribution in [3.8, 4) is 11.5 Å². The van der Waals surface area contributed by atoms with E-state index in [9.17, 15) is 0 Å². The molecule has 1 N–H and O–H groups in total. The lowest BCUT2D eigenvalue weighted by atomic mass is 9.89. The predicted molar refractivity (Wildman–Crippen MR) is 76.5 cm³/mol. The first-order chi connectivity index (χ1) is 9.19. The first-order valence-electron chi connectivity index (χ1n) is 7.04. The minimum absolute atomic E-state index is 0.508. The van der Waals surface area contributed by atoms with E-state index in [1.807, 2.05) is 6.07 Å². The minimum Gasteiger partial charge on any atom is -0.486 e. The molecule has 3 unspecified atom stereocenters. The van der Waals surface area contributed by atoms with Crippen LogP contribution in [0.15, 0.2) is 12.1 Å². The highest BCUT2D eigenvalue weighted by Gasteiger charge is 2.32. The fourth-order valence-electron chi connectivity index (χ4n) is 3.21. The lowest BCUT2D eigenvalue weighted by Gasteiger charge is -2.23. The van der Waals surface area contributed by atoms with E-state index in [1.54, 1.807) is 0 Å². The Balaban J connectivity index is 1.94. The van der Waals surface area contributed by atoms with Crippen molar-refractivity contribution in [2.24, 2.45) is 0 Å². The van der Waals surface area contributed by atoms with Crippen LogP contribution < -0.4 is 14.8 Å². The van der Waals surface area contributed by atoms with E-state index >= 15 is 0 Å². The molecule has 4 heteroatoms. The normalized spacial score (nSPS) is 29.5.